The van der Waals surface area contributed by atoms with E-state index in [2.05, 4.69) is 178 Å². The summed E-state index contributed by atoms with van der Waals surface area (Å²) in [6.07, 6.45) is 7.76. The third kappa shape index (κ3) is 5.53. The van der Waals surface area contributed by atoms with Crippen LogP contribution >= 0.6 is 0 Å². The number of aromatic nitrogens is 1. The second kappa shape index (κ2) is 13.2. The molecule has 0 spiro atoms. The fourth-order valence-electron chi connectivity index (χ4n) is 16.3. The molecule has 14 rings (SSSR count). The van der Waals surface area contributed by atoms with E-state index in [-0.39, 0.29) is 27.1 Å². The van der Waals surface area contributed by atoms with Gasteiger partial charge in [0.05, 0.1) is 39.8 Å². The number of hydrogen-bond acceptors (Lipinski definition) is 3. The second-order valence-electron chi connectivity index (χ2n) is 26.4. The number of benzene rings is 6. The van der Waals surface area contributed by atoms with E-state index in [9.17, 15) is 10.5 Å². The Balaban J connectivity index is 1.27. The van der Waals surface area contributed by atoms with Crippen LogP contribution in [0.15, 0.2) is 89.3 Å². The van der Waals surface area contributed by atoms with Gasteiger partial charge in [0.2, 0.25) is 0 Å². The molecule has 0 saturated heterocycles. The number of rotatable bonds is 3. The van der Waals surface area contributed by atoms with E-state index < -0.39 is 5.41 Å². The molecule has 0 radical (unpaired) electrons. The van der Waals surface area contributed by atoms with Crippen LogP contribution in [-0.2, 0) is 21.7 Å². The van der Waals surface area contributed by atoms with Crippen LogP contribution in [0.4, 0.5) is 0 Å². The summed E-state index contributed by atoms with van der Waals surface area (Å²) in [7, 11) is 0. The van der Waals surface area contributed by atoms with Crippen molar-refractivity contribution in [2.75, 3.05) is 0 Å². The monoisotopic (exact) mass is 889 g/mol. The van der Waals surface area contributed by atoms with Crippen LogP contribution in [0.1, 0.15) is 160 Å². The van der Waals surface area contributed by atoms with Gasteiger partial charge in [-0.1, -0.05) is 125 Å². The van der Waals surface area contributed by atoms with Crippen LogP contribution in [0.3, 0.4) is 0 Å². The lowest BCUT2D eigenvalue weighted by molar-refractivity contribution is 0.0901. The summed E-state index contributed by atoms with van der Waals surface area (Å²) >= 11 is 0. The molecule has 340 valence electrons. The summed E-state index contributed by atoms with van der Waals surface area (Å²) in [5, 5.41) is 30.3. The largest absolute Gasteiger partial charge is 0.456 e. The van der Waals surface area contributed by atoms with Crippen molar-refractivity contribution in [1.82, 2.24) is 4.40 Å². The van der Waals surface area contributed by atoms with Gasteiger partial charge in [0.25, 0.3) is 0 Å². The lowest BCUT2D eigenvalue weighted by Gasteiger charge is -2.46. The van der Waals surface area contributed by atoms with Gasteiger partial charge in [-0.3, -0.25) is 0 Å². The summed E-state index contributed by atoms with van der Waals surface area (Å²) in [5.74, 6) is 1.32. The number of fused-ring (bicyclic) bond motifs is 13. The lowest BCUT2D eigenvalue weighted by Crippen LogP contribution is -2.39. The average molecular weight is 890 g/mol. The van der Waals surface area contributed by atoms with Crippen molar-refractivity contribution in [2.24, 2.45) is 22.7 Å². The molecule has 2 atom stereocenters. The predicted octanol–water partition coefficient (Wildman–Crippen LogP) is 17.3. The molecule has 2 saturated carbocycles. The van der Waals surface area contributed by atoms with E-state index in [1.54, 1.807) is 0 Å². The first-order chi connectivity index (χ1) is 32.1. The minimum Gasteiger partial charge on any atom is -0.456 e. The Kier molecular flexibility index (Phi) is 8.13. The maximum atomic E-state index is 11.7. The minimum absolute atomic E-state index is 0.0364. The summed E-state index contributed by atoms with van der Waals surface area (Å²) < 4.78 is 9.08. The zero-order valence-electron chi connectivity index (χ0n) is 41.9. The summed E-state index contributed by atoms with van der Waals surface area (Å²) in [5.41, 5.74) is 17.5. The molecule has 68 heavy (non-hydrogen) atoms. The molecule has 4 heteroatoms. The number of para-hydroxylation sites is 1. The van der Waals surface area contributed by atoms with Crippen LogP contribution in [0.2, 0.25) is 0 Å². The normalized spacial score (nSPS) is 23.0. The van der Waals surface area contributed by atoms with Gasteiger partial charge in [0, 0.05) is 37.7 Å². The Morgan fingerprint density at radius 3 is 1.82 bits per heavy atom. The van der Waals surface area contributed by atoms with E-state index >= 15 is 0 Å². The smallest absolute Gasteiger partial charge is 0.136 e. The molecule has 5 aliphatic rings. The highest BCUT2D eigenvalue weighted by atomic mass is 16.3. The number of hydrogen-bond donors (Lipinski definition) is 0. The zero-order chi connectivity index (χ0) is 47.4. The molecule has 9 aromatic rings. The van der Waals surface area contributed by atoms with Crippen molar-refractivity contribution >= 4 is 60.0 Å². The first kappa shape index (κ1) is 42.0. The van der Waals surface area contributed by atoms with E-state index in [1.165, 1.54) is 78.0 Å². The quantitative estimate of drug-likeness (QED) is 0.177. The molecule has 0 amide bonds. The highest BCUT2D eigenvalue weighted by Crippen LogP contribution is 2.66. The van der Waals surface area contributed by atoms with Gasteiger partial charge in [-0.05, 0) is 170 Å². The Morgan fingerprint density at radius 1 is 0.603 bits per heavy atom. The third-order valence-corrected chi connectivity index (χ3v) is 17.6. The van der Waals surface area contributed by atoms with Crippen LogP contribution in [0, 0.1) is 45.3 Å². The molecule has 0 aliphatic heterocycles. The number of furan rings is 1. The molecule has 2 fully saturated rings. The van der Waals surface area contributed by atoms with E-state index in [0.717, 1.165) is 88.2 Å². The van der Waals surface area contributed by atoms with Crippen molar-refractivity contribution < 1.29 is 4.42 Å². The summed E-state index contributed by atoms with van der Waals surface area (Å²) in [6.45, 7) is 26.3. The van der Waals surface area contributed by atoms with E-state index in [1.807, 2.05) is 0 Å². The van der Waals surface area contributed by atoms with Gasteiger partial charge in [-0.15, -0.1) is 0 Å². The van der Waals surface area contributed by atoms with Crippen LogP contribution in [-0.4, -0.2) is 4.40 Å². The molecule has 2 unspecified atom stereocenters. The van der Waals surface area contributed by atoms with Gasteiger partial charge in [-0.25, -0.2) is 0 Å². The summed E-state index contributed by atoms with van der Waals surface area (Å²) in [6, 6.07) is 37.5. The van der Waals surface area contributed by atoms with Gasteiger partial charge < -0.3 is 8.82 Å². The van der Waals surface area contributed by atoms with Crippen molar-refractivity contribution in [3.63, 3.8) is 0 Å². The fourth-order valence-corrected chi connectivity index (χ4v) is 16.3. The van der Waals surface area contributed by atoms with Crippen LogP contribution in [0.25, 0.3) is 82.3 Å². The van der Waals surface area contributed by atoms with Crippen molar-refractivity contribution in [2.45, 2.75) is 143 Å². The zero-order valence-corrected chi connectivity index (χ0v) is 41.9. The van der Waals surface area contributed by atoms with Crippen molar-refractivity contribution in [1.29, 1.82) is 10.5 Å². The maximum absolute atomic E-state index is 11.7. The molecule has 0 N–H and O–H groups in total. The number of nitriles is 2. The SMILES string of the molecule is CC(C)(C)CC1(CC(C)(C)C)c2cc(C(C)(C)C)ccc2-c2c1c(C#N)cc1c2c2cc(-c3cccc4oc5ccccc5c34)cc3c4c5c(c(C#N)cc4n1c23)C1(C)CC2CC(C1)CC5(C)C2. The molecule has 3 heterocycles. The predicted molar refractivity (Wildman–Crippen MR) is 281 cm³/mol. The topological polar surface area (TPSA) is 65.1 Å². The third-order valence-electron chi connectivity index (χ3n) is 17.6. The van der Waals surface area contributed by atoms with Gasteiger partial charge in [-0.2, -0.15) is 10.5 Å². The number of nitrogens with zero attached hydrogens (tertiary/aromatic N) is 3. The molecule has 4 bridgehead atoms. The fraction of sp³-hybridized carbons (Fsp3) is 0.406. The maximum Gasteiger partial charge on any atom is 0.136 e. The Hall–Kier alpha value is -6.10. The first-order valence-corrected chi connectivity index (χ1v) is 25.4. The molecular formula is C64H63N3O. The highest BCUT2D eigenvalue weighted by Gasteiger charge is 2.55. The second-order valence-corrected chi connectivity index (χ2v) is 26.4. The standard InChI is InChI=1S/C64H63N3O/c1-59(2,3)33-64(34-60(4,5)6)46-26-40(61(7,8)9)19-20-42(46)54-52-44-22-37(41-16-14-18-50-51(41)43-15-12-13-17-49(43)68-50)23-45-53-48(67(58(44)45)47(52)24-38(31-65)55(54)64)25-39(32-66)56-57(53)63(11)29-35-21-36(30-63)28-62(56,10)27-35/h12-20,22-26,35-36H,21,27-30,33-34H2,1-11H3. The van der Waals surface area contributed by atoms with Gasteiger partial charge in [0.15, 0.2) is 0 Å². The minimum atomic E-state index is -0.409. The Bertz CT molecular complexity index is 3770. The lowest BCUT2D eigenvalue weighted by atomic mass is 9.58. The van der Waals surface area contributed by atoms with E-state index in [4.69, 9.17) is 4.42 Å². The van der Waals surface area contributed by atoms with Crippen molar-refractivity contribution in [3.8, 4) is 34.4 Å². The molecule has 4 nitrogen and oxygen atoms in total. The van der Waals surface area contributed by atoms with E-state index in [0.29, 0.717) is 11.8 Å². The van der Waals surface area contributed by atoms with Crippen molar-refractivity contribution in [3.05, 3.63) is 124 Å². The van der Waals surface area contributed by atoms with Gasteiger partial charge in [0.1, 0.15) is 11.2 Å². The first-order valence-electron chi connectivity index (χ1n) is 25.4. The molecular weight excluding hydrogens is 827 g/mol. The highest BCUT2D eigenvalue weighted by molar-refractivity contribution is 6.29. The van der Waals surface area contributed by atoms with Gasteiger partial charge >= 0.3 is 0 Å². The van der Waals surface area contributed by atoms with Crippen LogP contribution in [0.5, 0.6) is 0 Å². The summed E-state index contributed by atoms with van der Waals surface area (Å²) in [4.78, 5) is 0. The molecule has 3 aromatic heterocycles. The van der Waals surface area contributed by atoms with Crippen LogP contribution < -0.4 is 0 Å². The Morgan fingerprint density at radius 2 is 1.19 bits per heavy atom. The molecule has 6 aromatic carbocycles. The Labute approximate surface area is 401 Å². The molecule has 5 aliphatic carbocycles. The average Bonchev–Trinajstić information content (AvgIpc) is 3.95.